The van der Waals surface area contributed by atoms with Gasteiger partial charge in [-0.3, -0.25) is 0 Å². The summed E-state index contributed by atoms with van der Waals surface area (Å²) in [6.07, 6.45) is -2.99. The van der Waals surface area contributed by atoms with Gasteiger partial charge in [0.05, 0.1) is 0 Å². The van der Waals surface area contributed by atoms with Crippen molar-refractivity contribution in [2.75, 3.05) is 0 Å². The second-order valence-electron chi connectivity index (χ2n) is 0.934. The summed E-state index contributed by atoms with van der Waals surface area (Å²) in [7, 11) is 0. The third-order valence-electron chi connectivity index (χ3n) is 0.470. The van der Waals surface area contributed by atoms with Crippen molar-refractivity contribution in [2.45, 2.75) is 12.6 Å². The molecule has 1 aliphatic heterocycles. The van der Waals surface area contributed by atoms with Crippen LogP contribution >= 0.6 is 0 Å². The molecule has 0 spiro atoms. The quantitative estimate of drug-likeness (QED) is 0.413. The zero-order valence-corrected chi connectivity index (χ0v) is 2.80. The van der Waals surface area contributed by atoms with E-state index in [9.17, 15) is 4.39 Å². The van der Waals surface area contributed by atoms with E-state index < -0.39 is 12.6 Å². The summed E-state index contributed by atoms with van der Waals surface area (Å²) in [6, 6.07) is 0. The lowest BCUT2D eigenvalue weighted by molar-refractivity contribution is -0.539. The van der Waals surface area contributed by atoms with E-state index in [1.165, 1.54) is 0 Å². The lowest BCUT2D eigenvalue weighted by Crippen LogP contribution is -2.38. The van der Waals surface area contributed by atoms with Crippen molar-refractivity contribution in [3.05, 3.63) is 0 Å². The third-order valence-corrected chi connectivity index (χ3v) is 0.470. The van der Waals surface area contributed by atoms with Crippen LogP contribution in [0.25, 0.3) is 0 Å². The van der Waals surface area contributed by atoms with Gasteiger partial charge in [-0.1, -0.05) is 0 Å². The summed E-state index contributed by atoms with van der Waals surface area (Å²) in [5.41, 5.74) is 0. The zero-order chi connectivity index (χ0) is 4.57. The van der Waals surface area contributed by atoms with Gasteiger partial charge in [0.15, 0.2) is 0 Å². The average Bonchev–Trinajstić information content (AvgIpc) is 1.61. The van der Waals surface area contributed by atoms with Crippen molar-refractivity contribution in [1.82, 2.24) is 0 Å². The number of halogens is 1. The first kappa shape index (κ1) is 3.98. The Morgan fingerprint density at radius 1 is 1.50 bits per heavy atom. The molecule has 0 aliphatic carbocycles. The highest BCUT2D eigenvalue weighted by atomic mass is 19.1. The minimum absolute atomic E-state index is 1.36. The Kier molecular flexibility index (Phi) is 0.760. The highest BCUT2D eigenvalue weighted by Crippen LogP contribution is 2.13. The van der Waals surface area contributed by atoms with Gasteiger partial charge in [0.2, 0.25) is 6.29 Å². The van der Waals surface area contributed by atoms with Gasteiger partial charge in [-0.2, -0.15) is 9.78 Å². The molecule has 1 fully saturated rings. The van der Waals surface area contributed by atoms with Crippen molar-refractivity contribution in [1.29, 1.82) is 0 Å². The highest BCUT2D eigenvalue weighted by molar-refractivity contribution is 4.44. The van der Waals surface area contributed by atoms with Gasteiger partial charge in [0.25, 0.3) is 6.36 Å². The molecule has 2 unspecified atom stereocenters. The van der Waals surface area contributed by atoms with Crippen LogP contribution in [0.3, 0.4) is 0 Å². The molecule has 1 aliphatic rings. The molecule has 0 bridgehead atoms. The number of hydrogen-bond acceptors (Lipinski definition) is 3. The normalized spacial score (nSPS) is 45.0. The first-order valence-electron chi connectivity index (χ1n) is 1.45. The molecule has 1 N–H and O–H groups in total. The standard InChI is InChI=1S/C2H3FO3/c3-1-2(4)6-5-1/h1-2,4H. The van der Waals surface area contributed by atoms with Gasteiger partial charge in [-0.05, 0) is 0 Å². The van der Waals surface area contributed by atoms with E-state index >= 15 is 0 Å². The van der Waals surface area contributed by atoms with Gasteiger partial charge < -0.3 is 5.11 Å². The fraction of sp³-hybridized carbons (Fsp3) is 1.00. The number of rotatable bonds is 0. The van der Waals surface area contributed by atoms with E-state index in [1.807, 2.05) is 0 Å². The Hall–Kier alpha value is -0.190. The monoisotopic (exact) mass is 94.0 g/mol. The first-order chi connectivity index (χ1) is 2.80. The number of aliphatic hydroxyl groups excluding tert-OH is 1. The fourth-order valence-electron chi connectivity index (χ4n) is 0.147. The van der Waals surface area contributed by atoms with Crippen LogP contribution < -0.4 is 0 Å². The number of aliphatic hydroxyl groups is 1. The van der Waals surface area contributed by atoms with E-state index in [1.54, 1.807) is 0 Å². The summed E-state index contributed by atoms with van der Waals surface area (Å²) < 4.78 is 11.3. The highest BCUT2D eigenvalue weighted by Gasteiger charge is 2.32. The van der Waals surface area contributed by atoms with Crippen LogP contribution in [0.1, 0.15) is 0 Å². The van der Waals surface area contributed by atoms with Gasteiger partial charge in [-0.25, -0.2) is 4.39 Å². The topological polar surface area (TPSA) is 38.7 Å². The van der Waals surface area contributed by atoms with Crippen molar-refractivity contribution < 1.29 is 19.3 Å². The molecule has 0 radical (unpaired) electrons. The molecule has 2 atom stereocenters. The Balaban J connectivity index is 2.20. The number of alkyl halides is 1. The summed E-state index contributed by atoms with van der Waals surface area (Å²) in [5, 5.41) is 7.99. The maximum Gasteiger partial charge on any atom is 0.284 e. The summed E-state index contributed by atoms with van der Waals surface area (Å²) in [4.78, 5) is 7.35. The molecule has 1 rings (SSSR count). The maximum atomic E-state index is 11.3. The second kappa shape index (κ2) is 1.14. The largest absolute Gasteiger partial charge is 0.361 e. The molecule has 0 amide bonds. The van der Waals surface area contributed by atoms with E-state index in [4.69, 9.17) is 5.11 Å². The Morgan fingerprint density at radius 2 is 2.00 bits per heavy atom. The van der Waals surface area contributed by atoms with E-state index in [0.717, 1.165) is 0 Å². The fourth-order valence-corrected chi connectivity index (χ4v) is 0.147. The molecule has 6 heavy (non-hydrogen) atoms. The van der Waals surface area contributed by atoms with E-state index in [2.05, 4.69) is 9.78 Å². The summed E-state index contributed by atoms with van der Waals surface area (Å²) in [5.74, 6) is 0. The van der Waals surface area contributed by atoms with Crippen molar-refractivity contribution in [3.8, 4) is 0 Å². The third kappa shape index (κ3) is 0.388. The van der Waals surface area contributed by atoms with Gasteiger partial charge in [-0.15, -0.1) is 0 Å². The Labute approximate surface area is 33.2 Å². The first-order valence-corrected chi connectivity index (χ1v) is 1.45. The molecule has 36 valence electrons. The Bertz CT molecular complexity index is 48.8. The van der Waals surface area contributed by atoms with Gasteiger partial charge in [0, 0.05) is 0 Å². The van der Waals surface area contributed by atoms with E-state index in [-0.39, 0.29) is 0 Å². The van der Waals surface area contributed by atoms with Crippen molar-refractivity contribution in [3.63, 3.8) is 0 Å². The van der Waals surface area contributed by atoms with Gasteiger partial charge in [0.1, 0.15) is 0 Å². The molecule has 0 aromatic heterocycles. The van der Waals surface area contributed by atoms with Crippen LogP contribution in [0.4, 0.5) is 4.39 Å². The van der Waals surface area contributed by atoms with Crippen LogP contribution in [-0.2, 0) is 9.78 Å². The van der Waals surface area contributed by atoms with E-state index in [0.29, 0.717) is 0 Å². The molecule has 0 aromatic rings. The van der Waals surface area contributed by atoms with Crippen LogP contribution in [0.5, 0.6) is 0 Å². The minimum Gasteiger partial charge on any atom is -0.361 e. The minimum atomic E-state index is -1.63. The number of hydrogen-bond donors (Lipinski definition) is 1. The summed E-state index contributed by atoms with van der Waals surface area (Å²) in [6.45, 7) is 0. The molecule has 0 saturated carbocycles. The van der Waals surface area contributed by atoms with Crippen LogP contribution in [-0.4, -0.2) is 17.8 Å². The van der Waals surface area contributed by atoms with Crippen molar-refractivity contribution >= 4 is 0 Å². The molecule has 4 heteroatoms. The Morgan fingerprint density at radius 3 is 2.00 bits per heavy atom. The van der Waals surface area contributed by atoms with Gasteiger partial charge >= 0.3 is 0 Å². The molecule has 3 nitrogen and oxygen atoms in total. The molecule has 0 aromatic carbocycles. The lowest BCUT2D eigenvalue weighted by atomic mass is 10.6. The lowest BCUT2D eigenvalue weighted by Gasteiger charge is -2.22. The molecule has 1 heterocycles. The van der Waals surface area contributed by atoms with Crippen LogP contribution in [0.2, 0.25) is 0 Å². The second-order valence-corrected chi connectivity index (χ2v) is 0.934. The predicted octanol–water partition coefficient (Wildman–Crippen LogP) is -0.438. The smallest absolute Gasteiger partial charge is 0.284 e. The molecule has 1 saturated heterocycles. The SMILES string of the molecule is OC1OOC1F. The predicted molar refractivity (Wildman–Crippen MR) is 13.1 cm³/mol. The summed E-state index contributed by atoms with van der Waals surface area (Å²) >= 11 is 0. The molecular formula is C2H3FO3. The zero-order valence-electron chi connectivity index (χ0n) is 2.80. The van der Waals surface area contributed by atoms with Crippen molar-refractivity contribution in [2.24, 2.45) is 0 Å². The average molecular weight is 94.0 g/mol. The molecular weight excluding hydrogens is 91.0 g/mol. The van der Waals surface area contributed by atoms with Crippen LogP contribution in [0.15, 0.2) is 0 Å². The maximum absolute atomic E-state index is 11.3. The van der Waals surface area contributed by atoms with Crippen LogP contribution in [0, 0.1) is 0 Å².